The van der Waals surface area contributed by atoms with Crippen LogP contribution in [0.1, 0.15) is 18.0 Å². The first kappa shape index (κ1) is 11.1. The first-order valence-corrected chi connectivity index (χ1v) is 5.12. The van der Waals surface area contributed by atoms with Gasteiger partial charge in [0.05, 0.1) is 19.3 Å². The van der Waals surface area contributed by atoms with Crippen LogP contribution in [0.2, 0.25) is 0 Å². The third kappa shape index (κ3) is 2.24. The maximum atomic E-state index is 12.4. The van der Waals surface area contributed by atoms with Crippen LogP contribution >= 0.6 is 0 Å². The highest BCUT2D eigenvalue weighted by Gasteiger charge is 2.20. The fourth-order valence-corrected chi connectivity index (χ4v) is 1.53. The lowest BCUT2D eigenvalue weighted by Gasteiger charge is -2.13. The summed E-state index contributed by atoms with van der Waals surface area (Å²) in [5.41, 5.74) is 5.72. The van der Waals surface area contributed by atoms with E-state index in [-0.39, 0.29) is 0 Å². The van der Waals surface area contributed by atoms with Gasteiger partial charge in [-0.15, -0.1) is 0 Å². The SMILES string of the molecule is NC(c1ccc2c(c1)OCCCO2)C(F)F. The van der Waals surface area contributed by atoms with Gasteiger partial charge in [-0.25, -0.2) is 8.78 Å². The predicted octanol–water partition coefficient (Wildman–Crippen LogP) is 2.11. The van der Waals surface area contributed by atoms with Crippen LogP contribution in [-0.2, 0) is 0 Å². The molecule has 5 heteroatoms. The van der Waals surface area contributed by atoms with Gasteiger partial charge >= 0.3 is 0 Å². The van der Waals surface area contributed by atoms with E-state index in [2.05, 4.69) is 0 Å². The van der Waals surface area contributed by atoms with Crippen LogP contribution in [0.4, 0.5) is 8.78 Å². The van der Waals surface area contributed by atoms with Gasteiger partial charge in [-0.2, -0.15) is 0 Å². The van der Waals surface area contributed by atoms with E-state index < -0.39 is 12.5 Å². The molecule has 0 saturated carbocycles. The Hall–Kier alpha value is -1.36. The second-order valence-electron chi connectivity index (χ2n) is 3.62. The van der Waals surface area contributed by atoms with Gasteiger partial charge in [0.1, 0.15) is 0 Å². The summed E-state index contributed by atoms with van der Waals surface area (Å²) in [6.45, 7) is 1.10. The van der Waals surface area contributed by atoms with Gasteiger partial charge in [0, 0.05) is 6.42 Å². The maximum Gasteiger partial charge on any atom is 0.257 e. The summed E-state index contributed by atoms with van der Waals surface area (Å²) in [6.07, 6.45) is -1.80. The Morgan fingerprint density at radius 1 is 1.12 bits per heavy atom. The summed E-state index contributed by atoms with van der Waals surface area (Å²) in [7, 11) is 0. The van der Waals surface area contributed by atoms with Crippen LogP contribution in [0.15, 0.2) is 18.2 Å². The molecule has 0 radical (unpaired) electrons. The summed E-state index contributed by atoms with van der Waals surface area (Å²) in [4.78, 5) is 0. The summed E-state index contributed by atoms with van der Waals surface area (Å²) in [5, 5.41) is 0. The Morgan fingerprint density at radius 3 is 2.50 bits per heavy atom. The van der Waals surface area contributed by atoms with Crippen molar-refractivity contribution in [3.8, 4) is 11.5 Å². The molecule has 0 fully saturated rings. The topological polar surface area (TPSA) is 44.5 Å². The lowest BCUT2D eigenvalue weighted by Crippen LogP contribution is -2.18. The highest BCUT2D eigenvalue weighted by Crippen LogP contribution is 2.32. The molecule has 0 aromatic heterocycles. The minimum Gasteiger partial charge on any atom is -0.490 e. The van der Waals surface area contributed by atoms with Crippen molar-refractivity contribution < 1.29 is 18.3 Å². The molecule has 1 aromatic rings. The van der Waals surface area contributed by atoms with Crippen molar-refractivity contribution in [3.05, 3.63) is 23.8 Å². The molecular formula is C11H13F2NO2. The van der Waals surface area contributed by atoms with Gasteiger partial charge in [0.15, 0.2) is 11.5 Å². The summed E-state index contributed by atoms with van der Waals surface area (Å²) >= 11 is 0. The molecule has 0 amide bonds. The van der Waals surface area contributed by atoms with Crippen molar-refractivity contribution >= 4 is 0 Å². The molecule has 88 valence electrons. The van der Waals surface area contributed by atoms with Crippen LogP contribution in [0.3, 0.4) is 0 Å². The number of halogens is 2. The smallest absolute Gasteiger partial charge is 0.257 e. The van der Waals surface area contributed by atoms with Crippen LogP contribution in [0, 0.1) is 0 Å². The van der Waals surface area contributed by atoms with Crippen molar-refractivity contribution in [2.75, 3.05) is 13.2 Å². The average Bonchev–Trinajstić information content (AvgIpc) is 2.51. The van der Waals surface area contributed by atoms with Gasteiger partial charge in [-0.1, -0.05) is 6.07 Å². The molecule has 1 atom stereocenters. The number of fused-ring (bicyclic) bond motifs is 1. The molecule has 0 spiro atoms. The predicted molar refractivity (Wildman–Crippen MR) is 55.0 cm³/mol. The minimum absolute atomic E-state index is 0.360. The largest absolute Gasteiger partial charge is 0.490 e. The third-order valence-electron chi connectivity index (χ3n) is 2.43. The second-order valence-corrected chi connectivity index (χ2v) is 3.62. The second kappa shape index (κ2) is 4.65. The lowest BCUT2D eigenvalue weighted by atomic mass is 10.1. The molecule has 0 bridgehead atoms. The van der Waals surface area contributed by atoms with E-state index in [1.807, 2.05) is 0 Å². The van der Waals surface area contributed by atoms with Crippen LogP contribution in [0.5, 0.6) is 11.5 Å². The molecule has 1 heterocycles. The molecule has 16 heavy (non-hydrogen) atoms. The Morgan fingerprint density at radius 2 is 1.81 bits per heavy atom. The molecule has 0 saturated heterocycles. The maximum absolute atomic E-state index is 12.4. The number of benzene rings is 1. The lowest BCUT2D eigenvalue weighted by molar-refractivity contribution is 0.116. The zero-order chi connectivity index (χ0) is 11.5. The molecule has 3 nitrogen and oxygen atoms in total. The van der Waals surface area contributed by atoms with Gasteiger partial charge in [0.25, 0.3) is 6.43 Å². The Bertz CT molecular complexity index is 371. The van der Waals surface area contributed by atoms with Gasteiger partial charge in [0.2, 0.25) is 0 Å². The molecule has 2 N–H and O–H groups in total. The average molecular weight is 229 g/mol. The third-order valence-corrected chi connectivity index (χ3v) is 2.43. The van der Waals surface area contributed by atoms with E-state index in [9.17, 15) is 8.78 Å². The van der Waals surface area contributed by atoms with E-state index in [0.717, 1.165) is 6.42 Å². The summed E-state index contributed by atoms with van der Waals surface area (Å²) < 4.78 is 35.6. The van der Waals surface area contributed by atoms with Crippen molar-refractivity contribution in [3.63, 3.8) is 0 Å². The van der Waals surface area contributed by atoms with E-state index >= 15 is 0 Å². The number of rotatable bonds is 2. The zero-order valence-corrected chi connectivity index (χ0v) is 8.66. The number of hydrogen-bond acceptors (Lipinski definition) is 3. The van der Waals surface area contributed by atoms with Gasteiger partial charge in [-0.05, 0) is 17.7 Å². The fourth-order valence-electron chi connectivity index (χ4n) is 1.53. The molecule has 0 aliphatic carbocycles. The fraction of sp³-hybridized carbons (Fsp3) is 0.455. The number of hydrogen-bond donors (Lipinski definition) is 1. The number of nitrogens with two attached hydrogens (primary N) is 1. The van der Waals surface area contributed by atoms with Gasteiger partial charge < -0.3 is 15.2 Å². The first-order chi connectivity index (χ1) is 7.68. The van der Waals surface area contributed by atoms with Crippen molar-refractivity contribution in [2.24, 2.45) is 5.73 Å². The van der Waals surface area contributed by atoms with E-state index in [1.165, 1.54) is 6.07 Å². The Kier molecular flexibility index (Phi) is 3.24. The van der Waals surface area contributed by atoms with Crippen molar-refractivity contribution in [2.45, 2.75) is 18.9 Å². The Balaban J connectivity index is 2.27. The highest BCUT2D eigenvalue weighted by atomic mass is 19.3. The van der Waals surface area contributed by atoms with E-state index in [0.29, 0.717) is 30.3 Å². The van der Waals surface area contributed by atoms with E-state index in [4.69, 9.17) is 15.2 Å². The number of ether oxygens (including phenoxy) is 2. The minimum atomic E-state index is -2.58. The standard InChI is InChI=1S/C11H13F2NO2/c12-11(13)10(14)7-2-3-8-9(6-7)16-5-1-4-15-8/h2-3,6,10-11H,1,4-5,14H2. The van der Waals surface area contributed by atoms with Crippen molar-refractivity contribution in [1.82, 2.24) is 0 Å². The zero-order valence-electron chi connectivity index (χ0n) is 8.66. The van der Waals surface area contributed by atoms with Crippen LogP contribution < -0.4 is 15.2 Å². The van der Waals surface area contributed by atoms with Crippen molar-refractivity contribution in [1.29, 1.82) is 0 Å². The van der Waals surface area contributed by atoms with Gasteiger partial charge in [-0.3, -0.25) is 0 Å². The molecule has 1 aromatic carbocycles. The molecule has 1 aliphatic heterocycles. The monoisotopic (exact) mass is 229 g/mol. The number of alkyl halides is 2. The quantitative estimate of drug-likeness (QED) is 0.844. The van der Waals surface area contributed by atoms with Crippen LogP contribution in [-0.4, -0.2) is 19.6 Å². The molecule has 1 unspecified atom stereocenters. The molecule has 1 aliphatic rings. The summed E-state index contributed by atoms with van der Waals surface area (Å²) in [6, 6.07) is 3.41. The van der Waals surface area contributed by atoms with Crippen LogP contribution in [0.25, 0.3) is 0 Å². The molecule has 2 rings (SSSR count). The Labute approximate surface area is 92.1 Å². The summed E-state index contributed by atoms with van der Waals surface area (Å²) in [5.74, 6) is 1.08. The van der Waals surface area contributed by atoms with E-state index in [1.54, 1.807) is 12.1 Å². The highest BCUT2D eigenvalue weighted by molar-refractivity contribution is 5.44. The normalized spacial score (nSPS) is 17.0. The first-order valence-electron chi connectivity index (χ1n) is 5.12. The molecular weight excluding hydrogens is 216 g/mol.